The highest BCUT2D eigenvalue weighted by molar-refractivity contribution is 7.15. The molecule has 0 spiro atoms. The van der Waals surface area contributed by atoms with Crippen LogP contribution in [0, 0.1) is 0 Å². The van der Waals surface area contributed by atoms with Gasteiger partial charge in [0.05, 0.1) is 0 Å². The van der Waals surface area contributed by atoms with E-state index in [1.807, 2.05) is 18.3 Å². The molecule has 3 nitrogen and oxygen atoms in total. The Labute approximate surface area is 122 Å². The molecule has 0 saturated carbocycles. The van der Waals surface area contributed by atoms with E-state index < -0.39 is 0 Å². The number of hydrogen-bond acceptors (Lipinski definition) is 4. The second-order valence-electron chi connectivity index (χ2n) is 4.84. The zero-order chi connectivity index (χ0) is 13.2. The van der Waals surface area contributed by atoms with E-state index in [2.05, 4.69) is 22.0 Å². The predicted molar refractivity (Wildman–Crippen MR) is 80.4 cm³/mol. The van der Waals surface area contributed by atoms with Gasteiger partial charge in [-0.05, 0) is 37.1 Å². The van der Waals surface area contributed by atoms with Gasteiger partial charge in [-0.2, -0.15) is 0 Å². The molecular weight excluding hydrogens is 278 g/mol. The predicted octanol–water partition coefficient (Wildman–Crippen LogP) is 3.72. The minimum Gasteiger partial charge on any atom is -0.375 e. The lowest BCUT2D eigenvalue weighted by Crippen LogP contribution is -2.22. The zero-order valence-electron chi connectivity index (χ0n) is 10.6. The Morgan fingerprint density at radius 3 is 2.84 bits per heavy atom. The number of rotatable bonds is 3. The molecule has 1 unspecified atom stereocenters. The summed E-state index contributed by atoms with van der Waals surface area (Å²) < 4.78 is 0. The van der Waals surface area contributed by atoms with Gasteiger partial charge in [0.15, 0.2) is 5.13 Å². The van der Waals surface area contributed by atoms with Crippen LogP contribution in [0.1, 0.15) is 29.3 Å². The Bertz CT molecular complexity index is 552. The first kappa shape index (κ1) is 12.9. The number of anilines is 1. The Morgan fingerprint density at radius 1 is 1.37 bits per heavy atom. The summed E-state index contributed by atoms with van der Waals surface area (Å²) in [5.74, 6) is 0. The Hall–Kier alpha value is -1.10. The van der Waals surface area contributed by atoms with Crippen molar-refractivity contribution in [1.82, 2.24) is 9.88 Å². The highest BCUT2D eigenvalue weighted by atomic mass is 35.5. The fourth-order valence-corrected chi connectivity index (χ4v) is 3.51. The van der Waals surface area contributed by atoms with Crippen molar-refractivity contribution >= 4 is 28.1 Å². The number of likely N-dealkylation sites (tertiary alicyclic amines) is 1. The second kappa shape index (κ2) is 5.49. The normalized spacial score (nSPS) is 19.9. The third-order valence-corrected chi connectivity index (χ3v) is 4.61. The van der Waals surface area contributed by atoms with Crippen molar-refractivity contribution < 1.29 is 0 Å². The molecule has 2 N–H and O–H groups in total. The van der Waals surface area contributed by atoms with Gasteiger partial charge in [0.2, 0.25) is 0 Å². The van der Waals surface area contributed by atoms with Crippen LogP contribution < -0.4 is 5.73 Å². The molecule has 1 atom stereocenters. The van der Waals surface area contributed by atoms with Gasteiger partial charge < -0.3 is 5.73 Å². The minimum absolute atomic E-state index is 0.487. The molecule has 3 rings (SSSR count). The molecule has 100 valence electrons. The fourth-order valence-electron chi connectivity index (χ4n) is 2.67. The average Bonchev–Trinajstić information content (AvgIpc) is 3.00. The summed E-state index contributed by atoms with van der Waals surface area (Å²) in [4.78, 5) is 7.85. The second-order valence-corrected chi connectivity index (χ2v) is 6.43. The van der Waals surface area contributed by atoms with Gasteiger partial charge in [-0.15, -0.1) is 11.3 Å². The summed E-state index contributed by atoms with van der Waals surface area (Å²) in [6.07, 6.45) is 4.33. The van der Waals surface area contributed by atoms with Crippen molar-refractivity contribution in [3.8, 4) is 0 Å². The highest BCUT2D eigenvalue weighted by Crippen LogP contribution is 2.34. The maximum Gasteiger partial charge on any atom is 0.180 e. The van der Waals surface area contributed by atoms with Crippen LogP contribution in [0.5, 0.6) is 0 Å². The molecule has 1 aromatic carbocycles. The third-order valence-electron chi connectivity index (χ3n) is 3.55. The van der Waals surface area contributed by atoms with E-state index in [0.717, 1.165) is 18.1 Å². The zero-order valence-corrected chi connectivity index (χ0v) is 12.1. The Kier molecular flexibility index (Phi) is 3.73. The number of thiazole rings is 1. The van der Waals surface area contributed by atoms with Crippen LogP contribution in [0.4, 0.5) is 5.13 Å². The molecule has 1 saturated heterocycles. The molecule has 0 amide bonds. The third kappa shape index (κ3) is 2.91. The number of nitrogen functional groups attached to an aromatic ring is 1. The van der Waals surface area contributed by atoms with E-state index in [1.54, 1.807) is 11.3 Å². The van der Waals surface area contributed by atoms with Gasteiger partial charge in [0.25, 0.3) is 0 Å². The van der Waals surface area contributed by atoms with Crippen LogP contribution in [0.2, 0.25) is 5.02 Å². The molecule has 5 heteroatoms. The summed E-state index contributed by atoms with van der Waals surface area (Å²) in [5, 5.41) is 1.45. The topological polar surface area (TPSA) is 42.1 Å². The number of hydrogen-bond donors (Lipinski definition) is 1. The summed E-state index contributed by atoms with van der Waals surface area (Å²) in [6, 6.07) is 8.69. The molecule has 2 heterocycles. The molecule has 2 aromatic rings. The van der Waals surface area contributed by atoms with Crippen LogP contribution >= 0.6 is 22.9 Å². The highest BCUT2D eigenvalue weighted by Gasteiger charge is 2.26. The van der Waals surface area contributed by atoms with Gasteiger partial charge in [0, 0.05) is 28.7 Å². The number of nitrogens with zero attached hydrogens (tertiary/aromatic N) is 2. The first-order chi connectivity index (χ1) is 9.22. The summed E-state index contributed by atoms with van der Waals surface area (Å²) >= 11 is 7.53. The number of aromatic nitrogens is 1. The van der Waals surface area contributed by atoms with Crippen molar-refractivity contribution in [2.24, 2.45) is 0 Å². The average molecular weight is 294 g/mol. The van der Waals surface area contributed by atoms with Gasteiger partial charge in [-0.3, -0.25) is 4.90 Å². The van der Waals surface area contributed by atoms with Crippen molar-refractivity contribution in [3.63, 3.8) is 0 Å². The van der Waals surface area contributed by atoms with Crippen molar-refractivity contribution in [3.05, 3.63) is 45.9 Å². The van der Waals surface area contributed by atoms with Gasteiger partial charge in [-0.1, -0.05) is 23.7 Å². The Morgan fingerprint density at radius 2 is 2.16 bits per heavy atom. The van der Waals surface area contributed by atoms with Gasteiger partial charge in [-0.25, -0.2) is 4.98 Å². The maximum absolute atomic E-state index is 5.95. The molecule has 1 aliphatic rings. The number of nitrogens with two attached hydrogens (primary N) is 1. The van der Waals surface area contributed by atoms with Gasteiger partial charge in [0.1, 0.15) is 0 Å². The van der Waals surface area contributed by atoms with Crippen LogP contribution in [0.15, 0.2) is 30.5 Å². The lowest BCUT2D eigenvalue weighted by Gasteiger charge is -2.24. The molecule has 19 heavy (non-hydrogen) atoms. The summed E-state index contributed by atoms with van der Waals surface area (Å²) in [7, 11) is 0. The van der Waals surface area contributed by atoms with Crippen molar-refractivity contribution in [2.45, 2.75) is 25.4 Å². The van der Waals surface area contributed by atoms with E-state index in [9.17, 15) is 0 Å². The van der Waals surface area contributed by atoms with Crippen LogP contribution in [-0.4, -0.2) is 16.4 Å². The first-order valence-corrected chi connectivity index (χ1v) is 7.61. The lowest BCUT2D eigenvalue weighted by atomic mass is 10.0. The monoisotopic (exact) mass is 293 g/mol. The molecule has 0 bridgehead atoms. The standard InChI is InChI=1S/C14H16ClN3S/c15-11-5-3-10(4-6-11)13-2-1-7-18(13)9-12-8-17-14(16)19-12/h3-6,8,13H,1-2,7,9H2,(H2,16,17). The van der Waals surface area contributed by atoms with E-state index in [0.29, 0.717) is 11.2 Å². The Balaban J connectivity index is 1.76. The van der Waals surface area contributed by atoms with Crippen LogP contribution in [-0.2, 0) is 6.54 Å². The van der Waals surface area contributed by atoms with Crippen molar-refractivity contribution in [1.29, 1.82) is 0 Å². The molecule has 1 fully saturated rings. The number of halogens is 1. The SMILES string of the molecule is Nc1ncc(CN2CCCC2c2ccc(Cl)cc2)s1. The van der Waals surface area contributed by atoms with Crippen LogP contribution in [0.25, 0.3) is 0 Å². The number of benzene rings is 1. The van der Waals surface area contributed by atoms with Crippen molar-refractivity contribution in [2.75, 3.05) is 12.3 Å². The van der Waals surface area contributed by atoms with Crippen LogP contribution in [0.3, 0.4) is 0 Å². The fraction of sp³-hybridized carbons (Fsp3) is 0.357. The largest absolute Gasteiger partial charge is 0.375 e. The van der Waals surface area contributed by atoms with E-state index in [-0.39, 0.29) is 0 Å². The van der Waals surface area contributed by atoms with E-state index in [4.69, 9.17) is 17.3 Å². The summed E-state index contributed by atoms with van der Waals surface area (Å²) in [6.45, 7) is 2.06. The van der Waals surface area contributed by atoms with Gasteiger partial charge >= 0.3 is 0 Å². The quantitative estimate of drug-likeness (QED) is 0.938. The molecule has 0 aliphatic carbocycles. The smallest absolute Gasteiger partial charge is 0.180 e. The molecule has 1 aromatic heterocycles. The maximum atomic E-state index is 5.95. The minimum atomic E-state index is 0.487. The lowest BCUT2D eigenvalue weighted by molar-refractivity contribution is 0.250. The molecule has 0 radical (unpaired) electrons. The first-order valence-electron chi connectivity index (χ1n) is 6.42. The summed E-state index contributed by atoms with van der Waals surface area (Å²) in [5.41, 5.74) is 7.04. The molecule has 1 aliphatic heterocycles. The molecular formula is C14H16ClN3S. The van der Waals surface area contributed by atoms with E-state index in [1.165, 1.54) is 23.3 Å². The van der Waals surface area contributed by atoms with E-state index >= 15 is 0 Å².